The fourth-order valence-electron chi connectivity index (χ4n) is 3.47. The molecule has 2 nitrogen and oxygen atoms in total. The number of nitrogens with zero attached hydrogens (tertiary/aromatic N) is 1. The maximum absolute atomic E-state index is 8.89. The van der Waals surface area contributed by atoms with Gasteiger partial charge in [-0.1, -0.05) is 39.5 Å². The molecule has 108 valence electrons. The highest BCUT2D eigenvalue weighted by Gasteiger charge is 2.29. The monoisotopic (exact) mass is 255 g/mol. The molecule has 0 aromatic carbocycles. The molecular formula is C16H33NO. The SMILES string of the molecule is CCC(C)C1CCCCCC1N(C)CCCCO. The highest BCUT2D eigenvalue weighted by molar-refractivity contribution is 4.83. The first-order valence-corrected chi connectivity index (χ1v) is 8.01. The minimum atomic E-state index is 0.341. The molecule has 0 amide bonds. The van der Waals surface area contributed by atoms with Crippen LogP contribution in [0.3, 0.4) is 0 Å². The molecule has 1 fully saturated rings. The summed E-state index contributed by atoms with van der Waals surface area (Å²) >= 11 is 0. The molecular weight excluding hydrogens is 222 g/mol. The summed E-state index contributed by atoms with van der Waals surface area (Å²) in [6.45, 7) is 6.26. The highest BCUT2D eigenvalue weighted by Crippen LogP contribution is 2.33. The molecule has 0 aliphatic heterocycles. The number of aliphatic hydroxyl groups excluding tert-OH is 1. The van der Waals surface area contributed by atoms with Gasteiger partial charge < -0.3 is 10.0 Å². The predicted octanol–water partition coefficient (Wildman–Crippen LogP) is 3.69. The van der Waals surface area contributed by atoms with Crippen LogP contribution in [-0.4, -0.2) is 36.2 Å². The minimum absolute atomic E-state index is 0.341. The first-order valence-electron chi connectivity index (χ1n) is 8.01. The Bertz CT molecular complexity index is 207. The average Bonchev–Trinajstić information content (AvgIpc) is 2.63. The zero-order chi connectivity index (χ0) is 13.4. The molecule has 0 aromatic heterocycles. The molecule has 18 heavy (non-hydrogen) atoms. The van der Waals surface area contributed by atoms with Crippen molar-refractivity contribution < 1.29 is 5.11 Å². The van der Waals surface area contributed by atoms with E-state index in [1.165, 1.54) is 38.5 Å². The van der Waals surface area contributed by atoms with Gasteiger partial charge in [-0.2, -0.15) is 0 Å². The molecule has 0 heterocycles. The average molecular weight is 255 g/mol. The van der Waals surface area contributed by atoms with Gasteiger partial charge in [0.15, 0.2) is 0 Å². The smallest absolute Gasteiger partial charge is 0.0431 e. The van der Waals surface area contributed by atoms with Crippen LogP contribution >= 0.6 is 0 Å². The maximum atomic E-state index is 8.89. The summed E-state index contributed by atoms with van der Waals surface area (Å²) in [5, 5.41) is 8.89. The van der Waals surface area contributed by atoms with Crippen LogP contribution in [0.2, 0.25) is 0 Å². The molecule has 0 spiro atoms. The van der Waals surface area contributed by atoms with Crippen molar-refractivity contribution in [2.45, 2.75) is 71.3 Å². The first-order chi connectivity index (χ1) is 8.70. The van der Waals surface area contributed by atoms with E-state index < -0.39 is 0 Å². The summed E-state index contributed by atoms with van der Waals surface area (Å²) in [6, 6.07) is 0.779. The van der Waals surface area contributed by atoms with Crippen molar-refractivity contribution in [3.63, 3.8) is 0 Å². The van der Waals surface area contributed by atoms with E-state index in [9.17, 15) is 0 Å². The number of rotatable bonds is 7. The molecule has 3 atom stereocenters. The van der Waals surface area contributed by atoms with E-state index >= 15 is 0 Å². The van der Waals surface area contributed by atoms with E-state index in [-0.39, 0.29) is 0 Å². The third-order valence-corrected chi connectivity index (χ3v) is 4.89. The third-order valence-electron chi connectivity index (χ3n) is 4.89. The van der Waals surface area contributed by atoms with E-state index in [0.717, 1.165) is 37.3 Å². The van der Waals surface area contributed by atoms with Gasteiger partial charge >= 0.3 is 0 Å². The van der Waals surface area contributed by atoms with Crippen molar-refractivity contribution in [1.29, 1.82) is 0 Å². The molecule has 1 aliphatic carbocycles. The molecule has 1 N–H and O–H groups in total. The van der Waals surface area contributed by atoms with E-state index in [1.807, 2.05) is 0 Å². The predicted molar refractivity (Wildman–Crippen MR) is 78.8 cm³/mol. The maximum Gasteiger partial charge on any atom is 0.0431 e. The van der Waals surface area contributed by atoms with Crippen LogP contribution in [0.1, 0.15) is 65.2 Å². The molecule has 0 radical (unpaired) electrons. The van der Waals surface area contributed by atoms with Gasteiger partial charge in [0.1, 0.15) is 0 Å². The Balaban J connectivity index is 2.54. The lowest BCUT2D eigenvalue weighted by atomic mass is 9.81. The summed E-state index contributed by atoms with van der Waals surface area (Å²) in [5.74, 6) is 1.74. The molecule has 1 saturated carbocycles. The zero-order valence-electron chi connectivity index (χ0n) is 12.7. The topological polar surface area (TPSA) is 23.5 Å². The van der Waals surface area contributed by atoms with Crippen molar-refractivity contribution >= 4 is 0 Å². The Labute approximate surface area is 114 Å². The largest absolute Gasteiger partial charge is 0.396 e. The van der Waals surface area contributed by atoms with E-state index in [4.69, 9.17) is 5.11 Å². The standard InChI is InChI=1S/C16H33NO/c1-4-14(2)15-10-6-5-7-11-16(15)17(3)12-8-9-13-18/h14-16,18H,4-13H2,1-3H3. The third kappa shape index (κ3) is 4.89. The van der Waals surface area contributed by atoms with Crippen LogP contribution in [0.5, 0.6) is 0 Å². The number of hydrogen-bond donors (Lipinski definition) is 1. The Morgan fingerprint density at radius 1 is 1.17 bits per heavy atom. The van der Waals surface area contributed by atoms with Gasteiger partial charge in [-0.15, -0.1) is 0 Å². The quantitative estimate of drug-likeness (QED) is 0.554. The van der Waals surface area contributed by atoms with Gasteiger partial charge in [0.05, 0.1) is 0 Å². The van der Waals surface area contributed by atoms with Crippen molar-refractivity contribution in [2.75, 3.05) is 20.2 Å². The number of aliphatic hydroxyl groups is 1. The number of hydrogen-bond acceptors (Lipinski definition) is 2. The van der Waals surface area contributed by atoms with Crippen LogP contribution in [-0.2, 0) is 0 Å². The molecule has 0 aromatic rings. The number of unbranched alkanes of at least 4 members (excludes halogenated alkanes) is 1. The van der Waals surface area contributed by atoms with Gasteiger partial charge in [-0.25, -0.2) is 0 Å². The summed E-state index contributed by atoms with van der Waals surface area (Å²) in [5.41, 5.74) is 0. The van der Waals surface area contributed by atoms with Crippen molar-refractivity contribution in [3.05, 3.63) is 0 Å². The Kier molecular flexibility index (Phi) is 7.92. The first kappa shape index (κ1) is 16.0. The Hall–Kier alpha value is -0.0800. The van der Waals surface area contributed by atoms with Crippen LogP contribution in [0.25, 0.3) is 0 Å². The van der Waals surface area contributed by atoms with Crippen LogP contribution in [0.4, 0.5) is 0 Å². The van der Waals surface area contributed by atoms with Crippen LogP contribution < -0.4 is 0 Å². The molecule has 0 bridgehead atoms. The second-order valence-electron chi connectivity index (χ2n) is 6.17. The van der Waals surface area contributed by atoms with E-state index in [2.05, 4.69) is 25.8 Å². The minimum Gasteiger partial charge on any atom is -0.396 e. The van der Waals surface area contributed by atoms with Crippen molar-refractivity contribution in [2.24, 2.45) is 11.8 Å². The summed E-state index contributed by atoms with van der Waals surface area (Å²) in [6.07, 6.45) is 10.5. The second kappa shape index (κ2) is 8.92. The second-order valence-corrected chi connectivity index (χ2v) is 6.17. The summed E-state index contributed by atoms with van der Waals surface area (Å²) < 4.78 is 0. The van der Waals surface area contributed by atoms with Crippen molar-refractivity contribution in [3.8, 4) is 0 Å². The van der Waals surface area contributed by atoms with E-state index in [0.29, 0.717) is 6.61 Å². The van der Waals surface area contributed by atoms with Gasteiger partial charge in [0, 0.05) is 12.6 Å². The lowest BCUT2D eigenvalue weighted by Crippen LogP contribution is -2.40. The van der Waals surface area contributed by atoms with E-state index in [1.54, 1.807) is 0 Å². The molecule has 1 rings (SSSR count). The molecule has 2 heteroatoms. The molecule has 0 saturated heterocycles. The Morgan fingerprint density at radius 2 is 1.89 bits per heavy atom. The van der Waals surface area contributed by atoms with Crippen LogP contribution in [0.15, 0.2) is 0 Å². The lowest BCUT2D eigenvalue weighted by Gasteiger charge is -2.37. The van der Waals surface area contributed by atoms with Gasteiger partial charge in [-0.3, -0.25) is 0 Å². The summed E-state index contributed by atoms with van der Waals surface area (Å²) in [4.78, 5) is 2.58. The van der Waals surface area contributed by atoms with Crippen molar-refractivity contribution in [1.82, 2.24) is 4.90 Å². The normalized spacial score (nSPS) is 27.2. The Morgan fingerprint density at radius 3 is 2.56 bits per heavy atom. The van der Waals surface area contributed by atoms with Gasteiger partial charge in [0.25, 0.3) is 0 Å². The molecule has 3 unspecified atom stereocenters. The fourth-order valence-corrected chi connectivity index (χ4v) is 3.47. The van der Waals surface area contributed by atoms with Gasteiger partial charge in [0.2, 0.25) is 0 Å². The zero-order valence-corrected chi connectivity index (χ0v) is 12.7. The summed E-state index contributed by atoms with van der Waals surface area (Å²) in [7, 11) is 2.29. The fraction of sp³-hybridized carbons (Fsp3) is 1.00. The molecule has 1 aliphatic rings. The van der Waals surface area contributed by atoms with Crippen LogP contribution in [0, 0.1) is 11.8 Å². The highest BCUT2D eigenvalue weighted by atomic mass is 16.2. The lowest BCUT2D eigenvalue weighted by molar-refractivity contribution is 0.122. The van der Waals surface area contributed by atoms with Gasteiger partial charge in [-0.05, 0) is 51.1 Å².